The number of pyridine rings is 1. The molecule has 3 rings (SSSR count). The molecule has 0 aliphatic carbocycles. The molecule has 1 amide bonds. The Morgan fingerprint density at radius 2 is 1.96 bits per heavy atom. The Labute approximate surface area is 151 Å². The van der Waals surface area contributed by atoms with Gasteiger partial charge in [-0.15, -0.1) is 0 Å². The van der Waals surface area contributed by atoms with Crippen LogP contribution in [0.3, 0.4) is 0 Å². The Kier molecular flexibility index (Phi) is 4.72. The Morgan fingerprint density at radius 1 is 1.23 bits per heavy atom. The maximum atomic E-state index is 11.1. The number of benzene rings is 1. The van der Waals surface area contributed by atoms with Crippen molar-refractivity contribution >= 4 is 11.6 Å². The van der Waals surface area contributed by atoms with Crippen LogP contribution in [0.25, 0.3) is 22.6 Å². The average molecular weight is 347 g/mol. The van der Waals surface area contributed by atoms with Crippen LogP contribution in [0.1, 0.15) is 18.2 Å². The van der Waals surface area contributed by atoms with E-state index in [9.17, 15) is 10.1 Å². The number of anilines is 1. The van der Waals surface area contributed by atoms with Gasteiger partial charge in [-0.3, -0.25) is 4.79 Å². The minimum Gasteiger partial charge on any atom is -0.480 e. The first-order valence-corrected chi connectivity index (χ1v) is 7.95. The van der Waals surface area contributed by atoms with Crippen molar-refractivity contribution in [2.24, 2.45) is 0 Å². The lowest BCUT2D eigenvalue weighted by atomic mass is 10.0. The number of ether oxygens (including phenoxy) is 1. The van der Waals surface area contributed by atoms with E-state index in [0.717, 1.165) is 11.3 Å². The van der Waals surface area contributed by atoms with Crippen LogP contribution < -0.4 is 10.1 Å². The van der Waals surface area contributed by atoms with Gasteiger partial charge in [0.25, 0.3) is 0 Å². The maximum Gasteiger partial charge on any atom is 0.232 e. The minimum atomic E-state index is -0.133. The molecule has 0 atom stereocenters. The maximum absolute atomic E-state index is 11.1. The first-order valence-electron chi connectivity index (χ1n) is 7.95. The van der Waals surface area contributed by atoms with Gasteiger partial charge in [-0.05, 0) is 37.3 Å². The molecule has 6 heteroatoms. The number of aryl methyl sites for hydroxylation is 1. The molecular formula is C20H17N3O3. The van der Waals surface area contributed by atoms with Crippen molar-refractivity contribution in [2.75, 3.05) is 12.4 Å². The van der Waals surface area contributed by atoms with Crippen molar-refractivity contribution < 1.29 is 13.9 Å². The summed E-state index contributed by atoms with van der Waals surface area (Å²) in [4.78, 5) is 15.6. The molecule has 26 heavy (non-hydrogen) atoms. The van der Waals surface area contributed by atoms with Gasteiger partial charge in [0.2, 0.25) is 11.8 Å². The van der Waals surface area contributed by atoms with Crippen LogP contribution >= 0.6 is 0 Å². The number of hydrogen-bond donors (Lipinski definition) is 1. The van der Waals surface area contributed by atoms with Crippen molar-refractivity contribution in [2.45, 2.75) is 13.8 Å². The molecule has 3 aromatic rings. The van der Waals surface area contributed by atoms with Crippen LogP contribution in [0.15, 0.2) is 46.9 Å². The Bertz CT molecular complexity index is 998. The number of hydrogen-bond acceptors (Lipinski definition) is 5. The van der Waals surface area contributed by atoms with Gasteiger partial charge in [0.05, 0.1) is 12.8 Å². The fraction of sp³-hybridized carbons (Fsp3) is 0.150. The summed E-state index contributed by atoms with van der Waals surface area (Å²) >= 11 is 0. The highest BCUT2D eigenvalue weighted by Crippen LogP contribution is 2.34. The molecule has 1 N–H and O–H groups in total. The Hall–Kier alpha value is -3.59. The highest BCUT2D eigenvalue weighted by Gasteiger charge is 2.18. The molecule has 0 saturated heterocycles. The number of nitrogens with zero attached hydrogens (tertiary/aromatic N) is 2. The van der Waals surface area contributed by atoms with E-state index < -0.39 is 0 Å². The molecule has 0 radical (unpaired) electrons. The summed E-state index contributed by atoms with van der Waals surface area (Å²) in [5, 5.41) is 12.3. The molecular weight excluding hydrogens is 330 g/mol. The number of nitrogens with one attached hydrogen (secondary N) is 1. The zero-order valence-electron chi connectivity index (χ0n) is 14.7. The molecule has 2 aromatic heterocycles. The summed E-state index contributed by atoms with van der Waals surface area (Å²) < 4.78 is 11.0. The largest absolute Gasteiger partial charge is 0.480 e. The summed E-state index contributed by atoms with van der Waals surface area (Å²) in [6.45, 7) is 3.30. The predicted octanol–water partition coefficient (Wildman–Crippen LogP) is 4.16. The van der Waals surface area contributed by atoms with Gasteiger partial charge in [-0.2, -0.15) is 5.26 Å². The van der Waals surface area contributed by atoms with Gasteiger partial charge in [0.15, 0.2) is 0 Å². The van der Waals surface area contributed by atoms with Gasteiger partial charge in [0, 0.05) is 23.7 Å². The third-order valence-corrected chi connectivity index (χ3v) is 3.80. The lowest BCUT2D eigenvalue weighted by molar-refractivity contribution is -0.114. The zero-order valence-corrected chi connectivity index (χ0v) is 14.7. The Morgan fingerprint density at radius 3 is 2.50 bits per heavy atom. The SMILES string of the molecule is COc1nc(-c2ccc(NC(C)=O)cc2)cc(-c2ccc(C)o2)c1C#N. The number of carbonyl (C=O) groups is 1. The molecule has 0 spiro atoms. The van der Waals surface area contributed by atoms with Crippen LogP contribution in [0.5, 0.6) is 5.88 Å². The van der Waals surface area contributed by atoms with E-state index in [0.29, 0.717) is 28.3 Å². The van der Waals surface area contributed by atoms with E-state index in [1.165, 1.54) is 14.0 Å². The fourth-order valence-electron chi connectivity index (χ4n) is 2.63. The first kappa shape index (κ1) is 17.2. The van der Waals surface area contributed by atoms with Crippen LogP contribution in [0, 0.1) is 18.3 Å². The quantitative estimate of drug-likeness (QED) is 0.766. The lowest BCUT2D eigenvalue weighted by Crippen LogP contribution is -2.05. The van der Waals surface area contributed by atoms with Crippen molar-refractivity contribution in [3.8, 4) is 34.5 Å². The first-order chi connectivity index (χ1) is 12.5. The molecule has 6 nitrogen and oxygen atoms in total. The summed E-state index contributed by atoms with van der Waals surface area (Å²) in [6.07, 6.45) is 0. The number of nitriles is 1. The van der Waals surface area contributed by atoms with Crippen molar-refractivity contribution in [3.63, 3.8) is 0 Å². The highest BCUT2D eigenvalue weighted by atomic mass is 16.5. The van der Waals surface area contributed by atoms with Gasteiger partial charge < -0.3 is 14.5 Å². The van der Waals surface area contributed by atoms with Crippen molar-refractivity contribution in [3.05, 3.63) is 53.8 Å². The molecule has 0 aliphatic rings. The smallest absolute Gasteiger partial charge is 0.232 e. The van der Waals surface area contributed by atoms with E-state index in [1.54, 1.807) is 18.2 Å². The van der Waals surface area contributed by atoms with Crippen molar-refractivity contribution in [1.29, 1.82) is 5.26 Å². The summed E-state index contributed by atoms with van der Waals surface area (Å²) in [6, 6.07) is 14.9. The number of amides is 1. The number of furan rings is 1. The van der Waals surface area contributed by atoms with E-state index in [1.807, 2.05) is 31.2 Å². The van der Waals surface area contributed by atoms with Gasteiger partial charge in [-0.1, -0.05) is 12.1 Å². The number of carbonyl (C=O) groups excluding carboxylic acids is 1. The molecule has 0 unspecified atom stereocenters. The van der Waals surface area contributed by atoms with Gasteiger partial charge in [-0.25, -0.2) is 4.98 Å². The van der Waals surface area contributed by atoms with E-state index in [2.05, 4.69) is 16.4 Å². The normalized spacial score (nSPS) is 10.2. The Balaban J connectivity index is 2.10. The predicted molar refractivity (Wildman–Crippen MR) is 97.7 cm³/mol. The average Bonchev–Trinajstić information content (AvgIpc) is 3.07. The second-order valence-electron chi connectivity index (χ2n) is 5.72. The number of aromatic nitrogens is 1. The fourth-order valence-corrected chi connectivity index (χ4v) is 2.63. The van der Waals surface area contributed by atoms with E-state index in [4.69, 9.17) is 9.15 Å². The van der Waals surface area contributed by atoms with Crippen LogP contribution in [0.4, 0.5) is 5.69 Å². The molecule has 0 fully saturated rings. The van der Waals surface area contributed by atoms with Crippen LogP contribution in [-0.2, 0) is 4.79 Å². The lowest BCUT2D eigenvalue weighted by Gasteiger charge is -2.10. The molecule has 130 valence electrons. The summed E-state index contributed by atoms with van der Waals surface area (Å²) in [7, 11) is 1.48. The minimum absolute atomic E-state index is 0.133. The van der Waals surface area contributed by atoms with Gasteiger partial charge in [0.1, 0.15) is 23.2 Å². The molecule has 0 saturated carbocycles. The molecule has 1 aromatic carbocycles. The topological polar surface area (TPSA) is 88.2 Å². The number of methoxy groups -OCH3 is 1. The van der Waals surface area contributed by atoms with Crippen LogP contribution in [-0.4, -0.2) is 18.0 Å². The van der Waals surface area contributed by atoms with E-state index in [-0.39, 0.29) is 11.8 Å². The van der Waals surface area contributed by atoms with E-state index >= 15 is 0 Å². The van der Waals surface area contributed by atoms with Gasteiger partial charge >= 0.3 is 0 Å². The third kappa shape index (κ3) is 3.42. The third-order valence-electron chi connectivity index (χ3n) is 3.80. The second-order valence-corrected chi connectivity index (χ2v) is 5.72. The molecule has 2 heterocycles. The summed E-state index contributed by atoms with van der Waals surface area (Å²) in [5.41, 5.74) is 3.10. The number of rotatable bonds is 4. The van der Waals surface area contributed by atoms with Crippen molar-refractivity contribution in [1.82, 2.24) is 4.98 Å². The standard InChI is InChI=1S/C20H17N3O3/c1-12-4-9-19(26-12)16-10-18(23-20(25-3)17(16)11-21)14-5-7-15(8-6-14)22-13(2)24/h4-10H,1-3H3,(H,22,24). The van der Waals surface area contributed by atoms with Crippen LogP contribution in [0.2, 0.25) is 0 Å². The zero-order chi connectivity index (χ0) is 18.7. The molecule has 0 aliphatic heterocycles. The molecule has 0 bridgehead atoms. The second kappa shape index (κ2) is 7.11. The highest BCUT2D eigenvalue weighted by molar-refractivity contribution is 5.89. The summed E-state index contributed by atoms with van der Waals surface area (Å²) in [5.74, 6) is 1.43. The monoisotopic (exact) mass is 347 g/mol.